The van der Waals surface area contributed by atoms with Crippen molar-refractivity contribution in [3.63, 3.8) is 0 Å². The third-order valence-corrected chi connectivity index (χ3v) is 9.48. The molecule has 1 saturated heterocycles. The topological polar surface area (TPSA) is 99.4 Å². The van der Waals surface area contributed by atoms with E-state index in [0.717, 1.165) is 76.2 Å². The zero-order chi connectivity index (χ0) is 31.5. The Balaban J connectivity index is 1.91. The predicted molar refractivity (Wildman–Crippen MR) is 178 cm³/mol. The fourth-order valence-corrected chi connectivity index (χ4v) is 6.40. The van der Waals surface area contributed by atoms with Crippen molar-refractivity contribution in [2.45, 2.75) is 178 Å². The first-order valence-corrected chi connectivity index (χ1v) is 18.1. The number of alkyl halides is 2. The molecule has 0 aliphatic carbocycles. The van der Waals surface area contributed by atoms with Crippen molar-refractivity contribution >= 4 is 23.2 Å². The molecular formula is C35H60Cl2O6. The molecule has 1 aromatic carbocycles. The third kappa shape index (κ3) is 15.4. The monoisotopic (exact) mass is 646 g/mol. The molecule has 8 heteroatoms. The molecular weight excluding hydrogens is 587 g/mol. The quantitative estimate of drug-likeness (QED) is 0.0663. The van der Waals surface area contributed by atoms with Crippen molar-refractivity contribution in [2.75, 3.05) is 6.61 Å². The van der Waals surface area contributed by atoms with E-state index < -0.39 is 24.6 Å². The second-order valence-electron chi connectivity index (χ2n) is 12.6. The normalized spacial score (nSPS) is 22.0. The van der Waals surface area contributed by atoms with Gasteiger partial charge in [0.05, 0.1) is 6.61 Å². The Morgan fingerprint density at radius 2 is 1.23 bits per heavy atom. The van der Waals surface area contributed by atoms with Gasteiger partial charge in [-0.15, -0.1) is 23.2 Å². The van der Waals surface area contributed by atoms with Crippen molar-refractivity contribution in [1.29, 1.82) is 0 Å². The van der Waals surface area contributed by atoms with Crippen molar-refractivity contribution in [3.8, 4) is 11.5 Å². The summed E-state index contributed by atoms with van der Waals surface area (Å²) in [4.78, 5) is 0. The summed E-state index contributed by atoms with van der Waals surface area (Å²) in [5.74, 6) is 0.638. The Kier molecular flexibility index (Phi) is 20.3. The molecule has 1 fully saturated rings. The lowest BCUT2D eigenvalue weighted by molar-refractivity contribution is -0.242. The van der Waals surface area contributed by atoms with E-state index in [0.29, 0.717) is 17.7 Å². The Labute approximate surface area is 271 Å². The molecule has 6 unspecified atom stereocenters. The highest BCUT2D eigenvalue weighted by molar-refractivity contribution is 6.20. The van der Waals surface area contributed by atoms with Crippen molar-refractivity contribution in [1.82, 2.24) is 0 Å². The molecule has 0 bridgehead atoms. The average molecular weight is 648 g/mol. The second kappa shape index (κ2) is 22.7. The number of phenolic OH excluding ortho intramolecular Hbond substituents is 1. The molecule has 0 aromatic heterocycles. The van der Waals surface area contributed by atoms with Gasteiger partial charge >= 0.3 is 0 Å². The SMILES string of the molecule is CCCCCCC(Cl)CCCCCc1cc(O)c(CCCCCC(Cl)CCCCCC)c(OC2OCC(O)C(O)C2O)c1. The number of phenols is 1. The van der Waals surface area contributed by atoms with Crippen LogP contribution >= 0.6 is 23.2 Å². The Bertz CT molecular complexity index is 856. The zero-order valence-electron chi connectivity index (χ0n) is 26.8. The number of hydrogen-bond acceptors (Lipinski definition) is 6. The maximum atomic E-state index is 11.0. The first kappa shape index (κ1) is 38.4. The highest BCUT2D eigenvalue weighted by Gasteiger charge is 2.39. The van der Waals surface area contributed by atoms with Gasteiger partial charge < -0.3 is 29.9 Å². The highest BCUT2D eigenvalue weighted by atomic mass is 35.5. The number of aromatic hydroxyl groups is 1. The lowest BCUT2D eigenvalue weighted by atomic mass is 9.98. The number of benzene rings is 1. The largest absolute Gasteiger partial charge is 0.508 e. The number of rotatable bonds is 24. The van der Waals surface area contributed by atoms with E-state index in [9.17, 15) is 20.4 Å². The first-order valence-electron chi connectivity index (χ1n) is 17.2. The van der Waals surface area contributed by atoms with E-state index in [2.05, 4.69) is 13.8 Å². The average Bonchev–Trinajstić information content (AvgIpc) is 2.98. The molecule has 0 saturated carbocycles. The number of aliphatic hydroxyl groups excluding tert-OH is 3. The van der Waals surface area contributed by atoms with Gasteiger partial charge in [0.2, 0.25) is 6.29 Å². The number of aryl methyl sites for hydroxylation is 1. The standard InChI is InChI=1S/C35H60Cl2O6/c1-3-5-7-12-18-27(36)20-14-9-11-17-26-23-30(38)29(22-16-10-15-21-28(37)19-13-8-6-4-2)32(24-26)43-35-34(41)33(40)31(39)25-42-35/h23-24,27-28,31,33-35,38-41H,3-22,25H2,1-2H3. The molecule has 1 heterocycles. The molecule has 250 valence electrons. The summed E-state index contributed by atoms with van der Waals surface area (Å²) in [6, 6.07) is 3.74. The molecule has 1 aliphatic heterocycles. The minimum absolute atomic E-state index is 0.137. The molecule has 0 spiro atoms. The molecule has 6 nitrogen and oxygen atoms in total. The van der Waals surface area contributed by atoms with Crippen LogP contribution in [0.15, 0.2) is 12.1 Å². The van der Waals surface area contributed by atoms with Crippen LogP contribution in [0, 0.1) is 0 Å². The highest BCUT2D eigenvalue weighted by Crippen LogP contribution is 2.34. The van der Waals surface area contributed by atoms with Crippen molar-refractivity contribution in [2.24, 2.45) is 0 Å². The van der Waals surface area contributed by atoms with Gasteiger partial charge in [0.25, 0.3) is 0 Å². The van der Waals surface area contributed by atoms with Crippen molar-refractivity contribution < 1.29 is 29.9 Å². The lowest BCUT2D eigenvalue weighted by Crippen LogP contribution is -2.54. The van der Waals surface area contributed by atoms with Crippen LogP contribution in [0.4, 0.5) is 0 Å². The Morgan fingerprint density at radius 1 is 0.721 bits per heavy atom. The van der Waals surface area contributed by atoms with Gasteiger partial charge in [0.15, 0.2) is 0 Å². The summed E-state index contributed by atoms with van der Waals surface area (Å²) in [5.41, 5.74) is 1.63. The van der Waals surface area contributed by atoms with Crippen LogP contribution in [0.2, 0.25) is 0 Å². The minimum atomic E-state index is -1.40. The fraction of sp³-hybridized carbons (Fsp3) is 0.829. The Morgan fingerprint density at radius 3 is 1.77 bits per heavy atom. The summed E-state index contributed by atoms with van der Waals surface area (Å²) >= 11 is 13.1. The summed E-state index contributed by atoms with van der Waals surface area (Å²) in [7, 11) is 0. The van der Waals surface area contributed by atoms with Crippen LogP contribution in [0.5, 0.6) is 11.5 Å². The molecule has 0 radical (unpaired) electrons. The van der Waals surface area contributed by atoms with Crippen LogP contribution in [0.3, 0.4) is 0 Å². The van der Waals surface area contributed by atoms with Gasteiger partial charge in [-0.3, -0.25) is 0 Å². The number of aliphatic hydroxyl groups is 3. The van der Waals surface area contributed by atoms with Crippen molar-refractivity contribution in [3.05, 3.63) is 23.3 Å². The smallest absolute Gasteiger partial charge is 0.228 e. The van der Waals surface area contributed by atoms with Crippen LogP contribution < -0.4 is 4.74 Å². The number of unbranched alkanes of at least 4 members (excludes halogenated alkanes) is 10. The summed E-state index contributed by atoms with van der Waals surface area (Å²) in [5, 5.41) is 42.0. The maximum Gasteiger partial charge on any atom is 0.228 e. The molecule has 6 atom stereocenters. The molecule has 2 rings (SSSR count). The van der Waals surface area contributed by atoms with Gasteiger partial charge in [-0.25, -0.2) is 0 Å². The summed E-state index contributed by atoms with van der Waals surface area (Å²) < 4.78 is 11.6. The van der Waals surface area contributed by atoms with Gasteiger partial charge in [0, 0.05) is 16.3 Å². The van der Waals surface area contributed by atoms with E-state index in [4.69, 9.17) is 32.7 Å². The van der Waals surface area contributed by atoms with Crippen LogP contribution in [0.25, 0.3) is 0 Å². The third-order valence-electron chi connectivity index (χ3n) is 8.61. The maximum absolute atomic E-state index is 11.0. The first-order chi connectivity index (χ1) is 20.8. The van der Waals surface area contributed by atoms with E-state index in [1.54, 1.807) is 0 Å². The van der Waals surface area contributed by atoms with E-state index in [1.807, 2.05) is 12.1 Å². The van der Waals surface area contributed by atoms with Gasteiger partial charge in [-0.2, -0.15) is 0 Å². The zero-order valence-corrected chi connectivity index (χ0v) is 28.3. The predicted octanol–water partition coefficient (Wildman–Crippen LogP) is 8.57. The van der Waals surface area contributed by atoms with Crippen LogP contribution in [-0.4, -0.2) is 62.4 Å². The molecule has 1 aliphatic rings. The summed E-state index contributed by atoms with van der Waals surface area (Å²) in [6.07, 6.45) is 16.5. The van der Waals surface area contributed by atoms with Crippen LogP contribution in [-0.2, 0) is 17.6 Å². The van der Waals surface area contributed by atoms with Crippen LogP contribution in [0.1, 0.15) is 141 Å². The second-order valence-corrected chi connectivity index (χ2v) is 13.8. The van der Waals surface area contributed by atoms with Gasteiger partial charge in [-0.05, 0) is 69.1 Å². The molecule has 4 N–H and O–H groups in total. The lowest BCUT2D eigenvalue weighted by Gasteiger charge is -2.35. The molecule has 43 heavy (non-hydrogen) atoms. The minimum Gasteiger partial charge on any atom is -0.508 e. The fourth-order valence-electron chi connectivity index (χ4n) is 5.78. The van der Waals surface area contributed by atoms with E-state index >= 15 is 0 Å². The van der Waals surface area contributed by atoms with E-state index in [-0.39, 0.29) is 23.1 Å². The molecule has 0 amide bonds. The van der Waals surface area contributed by atoms with Gasteiger partial charge in [0.1, 0.15) is 29.8 Å². The number of halogens is 2. The Hall–Kier alpha value is -0.760. The number of hydrogen-bond donors (Lipinski definition) is 4. The van der Waals surface area contributed by atoms with E-state index in [1.165, 1.54) is 51.4 Å². The number of ether oxygens (including phenoxy) is 2. The molecule has 1 aromatic rings. The summed E-state index contributed by atoms with van der Waals surface area (Å²) in [6.45, 7) is 4.30. The van der Waals surface area contributed by atoms with Gasteiger partial charge in [-0.1, -0.05) is 90.9 Å².